The Bertz CT molecular complexity index is 975. The van der Waals surface area contributed by atoms with E-state index in [4.69, 9.17) is 16.3 Å². The van der Waals surface area contributed by atoms with E-state index in [1.54, 1.807) is 12.1 Å². The molecular formula is C20H17Br2ClN2O2S. The monoisotopic (exact) mass is 542 g/mol. The summed E-state index contributed by atoms with van der Waals surface area (Å²) in [5.41, 5.74) is 3.79. The molecule has 0 aliphatic carbocycles. The van der Waals surface area contributed by atoms with Crippen LogP contribution >= 0.6 is 55.2 Å². The molecule has 1 amide bonds. The summed E-state index contributed by atoms with van der Waals surface area (Å²) in [6, 6.07) is 7.59. The second-order valence-corrected chi connectivity index (χ2v) is 9.21. The maximum atomic E-state index is 12.3. The highest BCUT2D eigenvalue weighted by Crippen LogP contribution is 2.36. The number of thioether (sulfide) groups is 1. The molecule has 1 saturated heterocycles. The van der Waals surface area contributed by atoms with Gasteiger partial charge in [-0.1, -0.05) is 27.5 Å². The molecule has 3 rings (SSSR count). The summed E-state index contributed by atoms with van der Waals surface area (Å²) in [5.74, 6) is 0.411. The molecule has 2 aromatic carbocycles. The third-order valence-corrected chi connectivity index (χ3v) is 6.94. The Labute approximate surface area is 190 Å². The number of benzene rings is 2. The first-order valence-electron chi connectivity index (χ1n) is 8.46. The molecule has 28 heavy (non-hydrogen) atoms. The predicted octanol–water partition coefficient (Wildman–Crippen LogP) is 6.77. The summed E-state index contributed by atoms with van der Waals surface area (Å²) in [6.45, 7) is 6.44. The zero-order valence-electron chi connectivity index (χ0n) is 15.4. The fourth-order valence-corrected chi connectivity index (χ4v) is 4.74. The summed E-state index contributed by atoms with van der Waals surface area (Å²) in [6.07, 6.45) is 1.78. The Morgan fingerprint density at radius 3 is 2.50 bits per heavy atom. The number of aliphatic imine (C=N–C) groups is 1. The molecule has 2 aromatic rings. The van der Waals surface area contributed by atoms with Crippen molar-refractivity contribution in [2.75, 3.05) is 6.61 Å². The average molecular weight is 545 g/mol. The average Bonchev–Trinajstić information content (AvgIpc) is 2.95. The number of hydrogen-bond donors (Lipinski definition) is 1. The molecule has 0 radical (unpaired) electrons. The third kappa shape index (κ3) is 4.82. The van der Waals surface area contributed by atoms with Crippen LogP contribution in [-0.2, 0) is 4.79 Å². The lowest BCUT2D eigenvalue weighted by Gasteiger charge is -2.09. The van der Waals surface area contributed by atoms with Crippen LogP contribution < -0.4 is 10.1 Å². The van der Waals surface area contributed by atoms with Gasteiger partial charge in [-0.2, -0.15) is 0 Å². The van der Waals surface area contributed by atoms with E-state index in [9.17, 15) is 4.79 Å². The SMILES string of the molecule is CCOc1c(Cl)cc(/C=C2\SC(=Nc3cc(C)c(Br)c(C)c3)NC2=O)cc1Br. The first-order valence-corrected chi connectivity index (χ1v) is 11.2. The van der Waals surface area contributed by atoms with Crippen LogP contribution in [0.15, 0.2) is 43.1 Å². The third-order valence-electron chi connectivity index (χ3n) is 3.91. The van der Waals surface area contributed by atoms with Crippen molar-refractivity contribution in [3.63, 3.8) is 0 Å². The molecular weight excluding hydrogens is 528 g/mol. The van der Waals surface area contributed by atoms with Crippen LogP contribution in [0, 0.1) is 13.8 Å². The van der Waals surface area contributed by atoms with Gasteiger partial charge in [-0.05, 0) is 95.5 Å². The van der Waals surface area contributed by atoms with Crippen molar-refractivity contribution in [2.24, 2.45) is 4.99 Å². The fourth-order valence-electron chi connectivity index (χ4n) is 2.68. The van der Waals surface area contributed by atoms with E-state index in [1.165, 1.54) is 11.8 Å². The van der Waals surface area contributed by atoms with Crippen molar-refractivity contribution in [2.45, 2.75) is 20.8 Å². The number of nitrogens with one attached hydrogen (secondary N) is 1. The number of amidine groups is 1. The number of nitrogens with zero attached hydrogens (tertiary/aromatic N) is 1. The summed E-state index contributed by atoms with van der Waals surface area (Å²) in [4.78, 5) is 17.5. The van der Waals surface area contributed by atoms with E-state index in [0.717, 1.165) is 31.3 Å². The number of ether oxygens (including phenoxy) is 1. The Kier molecular flexibility index (Phi) is 6.91. The predicted molar refractivity (Wildman–Crippen MR) is 125 cm³/mol. The lowest BCUT2D eigenvalue weighted by Crippen LogP contribution is -2.19. The van der Waals surface area contributed by atoms with Gasteiger partial charge in [0.1, 0.15) is 0 Å². The van der Waals surface area contributed by atoms with Gasteiger partial charge < -0.3 is 10.1 Å². The topological polar surface area (TPSA) is 50.7 Å². The highest BCUT2D eigenvalue weighted by molar-refractivity contribution is 9.10. The highest BCUT2D eigenvalue weighted by atomic mass is 79.9. The molecule has 0 bridgehead atoms. The quantitative estimate of drug-likeness (QED) is 0.432. The largest absolute Gasteiger partial charge is 0.491 e. The Morgan fingerprint density at radius 1 is 1.21 bits per heavy atom. The van der Waals surface area contributed by atoms with Gasteiger partial charge >= 0.3 is 0 Å². The van der Waals surface area contributed by atoms with Crippen LogP contribution in [0.4, 0.5) is 5.69 Å². The number of aryl methyl sites for hydroxylation is 2. The van der Waals surface area contributed by atoms with E-state index in [-0.39, 0.29) is 5.91 Å². The number of carbonyl (C=O) groups excluding carboxylic acids is 1. The number of carbonyl (C=O) groups is 1. The lowest BCUT2D eigenvalue weighted by atomic mass is 10.1. The highest BCUT2D eigenvalue weighted by Gasteiger charge is 2.24. The van der Waals surface area contributed by atoms with Gasteiger partial charge in [-0.25, -0.2) is 4.99 Å². The van der Waals surface area contributed by atoms with E-state index < -0.39 is 0 Å². The molecule has 1 fully saturated rings. The van der Waals surface area contributed by atoms with Gasteiger partial charge in [-0.15, -0.1) is 0 Å². The van der Waals surface area contributed by atoms with Crippen LogP contribution in [0.3, 0.4) is 0 Å². The molecule has 1 heterocycles. The van der Waals surface area contributed by atoms with Crippen LogP contribution in [0.5, 0.6) is 5.75 Å². The molecule has 1 aliphatic rings. The summed E-state index contributed by atoms with van der Waals surface area (Å²) < 4.78 is 7.33. The molecule has 146 valence electrons. The van der Waals surface area contributed by atoms with Crippen molar-refractivity contribution in [1.82, 2.24) is 5.32 Å². The number of hydrogen-bond acceptors (Lipinski definition) is 4. The first kappa shape index (κ1) is 21.4. The van der Waals surface area contributed by atoms with Gasteiger partial charge in [0, 0.05) is 4.47 Å². The van der Waals surface area contributed by atoms with Gasteiger partial charge in [0.15, 0.2) is 10.9 Å². The maximum Gasteiger partial charge on any atom is 0.264 e. The minimum absolute atomic E-state index is 0.185. The molecule has 0 atom stereocenters. The summed E-state index contributed by atoms with van der Waals surface area (Å²) in [5, 5.41) is 3.85. The minimum Gasteiger partial charge on any atom is -0.491 e. The Balaban J connectivity index is 1.87. The van der Waals surface area contributed by atoms with Crippen LogP contribution in [0.2, 0.25) is 5.02 Å². The smallest absolute Gasteiger partial charge is 0.264 e. The van der Waals surface area contributed by atoms with Crippen molar-refractivity contribution in [3.8, 4) is 5.75 Å². The standard InChI is InChI=1S/C20H17Br2ClN2O2S/c1-4-27-18-14(21)7-12(8-15(18)23)9-16-19(26)25-20(28-16)24-13-5-10(2)17(22)11(3)6-13/h5-9H,4H2,1-3H3,(H,24,25,26)/b16-9-. The van der Waals surface area contributed by atoms with Crippen LogP contribution in [0.25, 0.3) is 6.08 Å². The molecule has 1 aliphatic heterocycles. The second kappa shape index (κ2) is 9.03. The number of amides is 1. The summed E-state index contributed by atoms with van der Waals surface area (Å²) >= 11 is 14.6. The van der Waals surface area contributed by atoms with Gasteiger partial charge in [-0.3, -0.25) is 4.79 Å². The second-order valence-electron chi connectivity index (χ2n) is 6.12. The van der Waals surface area contributed by atoms with E-state index in [2.05, 4.69) is 42.2 Å². The summed E-state index contributed by atoms with van der Waals surface area (Å²) in [7, 11) is 0. The van der Waals surface area contributed by atoms with E-state index in [1.807, 2.05) is 39.0 Å². The van der Waals surface area contributed by atoms with Gasteiger partial charge in [0.25, 0.3) is 5.91 Å². The normalized spacial score (nSPS) is 16.7. The van der Waals surface area contributed by atoms with Crippen LogP contribution in [-0.4, -0.2) is 17.7 Å². The molecule has 1 N–H and O–H groups in total. The van der Waals surface area contributed by atoms with Crippen molar-refractivity contribution in [1.29, 1.82) is 0 Å². The first-order chi connectivity index (χ1) is 13.3. The van der Waals surface area contributed by atoms with Gasteiger partial charge in [0.2, 0.25) is 0 Å². The lowest BCUT2D eigenvalue weighted by molar-refractivity contribution is -0.115. The zero-order valence-corrected chi connectivity index (χ0v) is 20.1. The molecule has 4 nitrogen and oxygen atoms in total. The van der Waals surface area contributed by atoms with Crippen molar-refractivity contribution >= 4 is 78.1 Å². The zero-order chi connectivity index (χ0) is 20.4. The fraction of sp³-hybridized carbons (Fsp3) is 0.200. The molecule has 0 aromatic heterocycles. The Hall–Kier alpha value is -1.28. The van der Waals surface area contributed by atoms with E-state index in [0.29, 0.717) is 27.5 Å². The molecule has 8 heteroatoms. The van der Waals surface area contributed by atoms with E-state index >= 15 is 0 Å². The number of halogens is 3. The van der Waals surface area contributed by atoms with Crippen molar-refractivity contribution < 1.29 is 9.53 Å². The number of rotatable bonds is 4. The Morgan fingerprint density at radius 2 is 1.89 bits per heavy atom. The molecule has 0 saturated carbocycles. The molecule has 0 spiro atoms. The van der Waals surface area contributed by atoms with Gasteiger partial charge in [0.05, 0.1) is 26.7 Å². The molecule has 0 unspecified atom stereocenters. The van der Waals surface area contributed by atoms with Crippen molar-refractivity contribution in [3.05, 3.63) is 59.8 Å². The van der Waals surface area contributed by atoms with Crippen LogP contribution in [0.1, 0.15) is 23.6 Å². The maximum absolute atomic E-state index is 12.3. The minimum atomic E-state index is -0.185.